The quantitative estimate of drug-likeness (QED) is 0.670. The van der Waals surface area contributed by atoms with Crippen LogP contribution in [0.4, 0.5) is 0 Å². The lowest BCUT2D eigenvalue weighted by atomic mass is 9.94. The molecular formula is C19H22N2O2S. The Labute approximate surface area is 148 Å². The summed E-state index contributed by atoms with van der Waals surface area (Å²) in [5.74, 6) is 0.786. The van der Waals surface area contributed by atoms with Crippen molar-refractivity contribution in [1.29, 1.82) is 0 Å². The van der Waals surface area contributed by atoms with Crippen molar-refractivity contribution in [3.8, 4) is 5.75 Å². The van der Waals surface area contributed by atoms with Crippen LogP contribution in [0.5, 0.6) is 5.75 Å². The standard InChI is InChI=1S/C19H22N2O2S/c1-23-17-13-6-5-8-14(17)9-7-12-16-18(22)21(19(24)20-16)15-10-3-2-4-11-15/h5-9,12-13,15H,2-4,10-11H2,1H3,(H,20,24). The Kier molecular flexibility index (Phi) is 5.30. The molecule has 2 fully saturated rings. The minimum atomic E-state index is -0.0171. The summed E-state index contributed by atoms with van der Waals surface area (Å²) in [6.45, 7) is 0. The largest absolute Gasteiger partial charge is 0.496 e. The van der Waals surface area contributed by atoms with Crippen molar-refractivity contribution in [2.45, 2.75) is 38.1 Å². The first-order chi connectivity index (χ1) is 11.7. The number of carbonyl (C=O) groups excluding carboxylic acids is 1. The van der Waals surface area contributed by atoms with E-state index in [-0.39, 0.29) is 11.9 Å². The van der Waals surface area contributed by atoms with Crippen molar-refractivity contribution in [1.82, 2.24) is 10.2 Å². The molecule has 5 heteroatoms. The van der Waals surface area contributed by atoms with Gasteiger partial charge in [0.25, 0.3) is 5.91 Å². The fraction of sp³-hybridized carbons (Fsp3) is 0.368. The van der Waals surface area contributed by atoms with E-state index in [1.165, 1.54) is 19.3 Å². The summed E-state index contributed by atoms with van der Waals surface area (Å²) in [4.78, 5) is 14.4. The minimum Gasteiger partial charge on any atom is -0.496 e. The molecule has 0 bridgehead atoms. The Morgan fingerprint density at radius 3 is 2.75 bits per heavy atom. The number of hydrogen-bond donors (Lipinski definition) is 1. The molecule has 1 N–H and O–H groups in total. The molecule has 24 heavy (non-hydrogen) atoms. The van der Waals surface area contributed by atoms with Crippen LogP contribution in [0.1, 0.15) is 37.7 Å². The Balaban J connectivity index is 1.73. The second-order valence-electron chi connectivity index (χ2n) is 6.08. The first-order valence-corrected chi connectivity index (χ1v) is 8.77. The van der Waals surface area contributed by atoms with E-state index in [9.17, 15) is 4.79 Å². The fourth-order valence-electron chi connectivity index (χ4n) is 3.29. The predicted octanol–water partition coefficient (Wildman–Crippen LogP) is 3.64. The number of para-hydroxylation sites is 1. The fourth-order valence-corrected chi connectivity index (χ4v) is 3.63. The molecule has 1 aromatic carbocycles. The number of thiocarbonyl (C=S) groups is 1. The smallest absolute Gasteiger partial charge is 0.276 e. The molecule has 1 heterocycles. The Bertz CT molecular complexity index is 690. The highest BCUT2D eigenvalue weighted by atomic mass is 32.1. The van der Waals surface area contributed by atoms with Gasteiger partial charge in [-0.15, -0.1) is 0 Å². The highest BCUT2D eigenvalue weighted by Crippen LogP contribution is 2.26. The molecule has 0 radical (unpaired) electrons. The van der Waals surface area contributed by atoms with E-state index >= 15 is 0 Å². The summed E-state index contributed by atoms with van der Waals surface area (Å²) in [6, 6.07) is 8.00. The zero-order valence-corrected chi connectivity index (χ0v) is 14.6. The summed E-state index contributed by atoms with van der Waals surface area (Å²) in [7, 11) is 1.65. The molecule has 126 valence electrons. The number of benzene rings is 1. The van der Waals surface area contributed by atoms with Crippen LogP contribution in [0.3, 0.4) is 0 Å². The van der Waals surface area contributed by atoms with Crippen molar-refractivity contribution >= 4 is 29.3 Å². The van der Waals surface area contributed by atoms with Gasteiger partial charge >= 0.3 is 0 Å². The van der Waals surface area contributed by atoms with Gasteiger partial charge in [-0.05, 0) is 37.2 Å². The van der Waals surface area contributed by atoms with Crippen LogP contribution < -0.4 is 10.1 Å². The molecule has 0 aromatic heterocycles. The maximum Gasteiger partial charge on any atom is 0.276 e. The predicted molar refractivity (Wildman–Crippen MR) is 99.6 cm³/mol. The van der Waals surface area contributed by atoms with E-state index < -0.39 is 0 Å². The summed E-state index contributed by atoms with van der Waals surface area (Å²) in [5, 5.41) is 3.58. The number of ether oxygens (including phenoxy) is 1. The Morgan fingerprint density at radius 2 is 2.00 bits per heavy atom. The maximum absolute atomic E-state index is 12.6. The summed E-state index contributed by atoms with van der Waals surface area (Å²) in [5.41, 5.74) is 1.51. The zero-order valence-electron chi connectivity index (χ0n) is 13.8. The third-order valence-electron chi connectivity index (χ3n) is 4.53. The second kappa shape index (κ2) is 7.62. The molecule has 0 spiro atoms. The topological polar surface area (TPSA) is 41.6 Å². The molecule has 4 nitrogen and oxygen atoms in total. The van der Waals surface area contributed by atoms with E-state index in [2.05, 4.69) is 5.32 Å². The molecule has 1 aromatic rings. The van der Waals surface area contributed by atoms with Crippen LogP contribution in [-0.4, -0.2) is 29.1 Å². The molecular weight excluding hydrogens is 320 g/mol. The average Bonchev–Trinajstić information content (AvgIpc) is 2.90. The van der Waals surface area contributed by atoms with Gasteiger partial charge in [0.15, 0.2) is 5.11 Å². The second-order valence-corrected chi connectivity index (χ2v) is 6.47. The number of allylic oxidation sites excluding steroid dienone is 2. The normalized spacial score (nSPS) is 20.9. The lowest BCUT2D eigenvalue weighted by Crippen LogP contribution is -2.41. The van der Waals surface area contributed by atoms with Crippen molar-refractivity contribution < 1.29 is 9.53 Å². The first kappa shape index (κ1) is 16.7. The summed E-state index contributed by atoms with van der Waals surface area (Å²) in [6.07, 6.45) is 11.2. The molecule has 1 aliphatic carbocycles. The van der Waals surface area contributed by atoms with Crippen LogP contribution in [0, 0.1) is 0 Å². The van der Waals surface area contributed by atoms with E-state index in [0.717, 1.165) is 24.2 Å². The molecule has 3 rings (SSSR count). The molecule has 1 aliphatic heterocycles. The van der Waals surface area contributed by atoms with E-state index in [1.54, 1.807) is 18.1 Å². The minimum absolute atomic E-state index is 0.0171. The Hall–Kier alpha value is -2.14. The number of nitrogens with one attached hydrogen (secondary N) is 1. The number of nitrogens with zero attached hydrogens (tertiary/aromatic N) is 1. The lowest BCUT2D eigenvalue weighted by Gasteiger charge is -2.29. The van der Waals surface area contributed by atoms with Gasteiger partial charge < -0.3 is 10.1 Å². The number of rotatable bonds is 4. The zero-order chi connectivity index (χ0) is 16.9. The number of amides is 1. The number of methoxy groups -OCH3 is 1. The van der Waals surface area contributed by atoms with Crippen LogP contribution >= 0.6 is 12.2 Å². The van der Waals surface area contributed by atoms with Gasteiger partial charge in [0.1, 0.15) is 11.4 Å². The maximum atomic E-state index is 12.6. The van der Waals surface area contributed by atoms with Crippen LogP contribution in [0.15, 0.2) is 42.1 Å². The molecule has 0 atom stereocenters. The van der Waals surface area contributed by atoms with Gasteiger partial charge in [0.05, 0.1) is 7.11 Å². The molecule has 1 saturated carbocycles. The van der Waals surface area contributed by atoms with E-state index in [0.29, 0.717) is 10.8 Å². The molecule has 1 amide bonds. The monoisotopic (exact) mass is 342 g/mol. The van der Waals surface area contributed by atoms with Crippen molar-refractivity contribution in [3.63, 3.8) is 0 Å². The van der Waals surface area contributed by atoms with Gasteiger partial charge in [0.2, 0.25) is 0 Å². The highest BCUT2D eigenvalue weighted by molar-refractivity contribution is 7.80. The third-order valence-corrected chi connectivity index (χ3v) is 4.83. The summed E-state index contributed by atoms with van der Waals surface area (Å²) >= 11 is 5.37. The first-order valence-electron chi connectivity index (χ1n) is 8.36. The Morgan fingerprint density at radius 1 is 1.25 bits per heavy atom. The molecule has 2 aliphatic rings. The van der Waals surface area contributed by atoms with Crippen LogP contribution in [0.25, 0.3) is 6.08 Å². The van der Waals surface area contributed by atoms with Gasteiger partial charge in [-0.1, -0.05) is 49.6 Å². The van der Waals surface area contributed by atoms with Crippen LogP contribution in [-0.2, 0) is 4.79 Å². The van der Waals surface area contributed by atoms with Crippen molar-refractivity contribution in [2.24, 2.45) is 0 Å². The van der Waals surface area contributed by atoms with Crippen molar-refractivity contribution in [2.75, 3.05) is 7.11 Å². The van der Waals surface area contributed by atoms with Gasteiger partial charge in [-0.2, -0.15) is 0 Å². The van der Waals surface area contributed by atoms with Crippen molar-refractivity contribution in [3.05, 3.63) is 47.7 Å². The van der Waals surface area contributed by atoms with Gasteiger partial charge in [0, 0.05) is 11.6 Å². The number of carbonyl (C=O) groups is 1. The van der Waals surface area contributed by atoms with Gasteiger partial charge in [-0.25, -0.2) is 0 Å². The summed E-state index contributed by atoms with van der Waals surface area (Å²) < 4.78 is 5.32. The highest BCUT2D eigenvalue weighted by Gasteiger charge is 2.36. The number of hydrogen-bond acceptors (Lipinski definition) is 3. The molecule has 0 unspecified atom stereocenters. The average molecular weight is 342 g/mol. The SMILES string of the molecule is COc1ccccc1C=CC=C1NC(=S)N(C2CCCCC2)C1=O. The lowest BCUT2D eigenvalue weighted by molar-refractivity contribution is -0.124. The van der Waals surface area contributed by atoms with Gasteiger partial charge in [-0.3, -0.25) is 9.69 Å². The third kappa shape index (κ3) is 3.51. The molecule has 1 saturated heterocycles. The van der Waals surface area contributed by atoms with E-state index in [1.807, 2.05) is 36.4 Å². The van der Waals surface area contributed by atoms with Crippen LogP contribution in [0.2, 0.25) is 0 Å². The van der Waals surface area contributed by atoms with E-state index in [4.69, 9.17) is 17.0 Å².